The van der Waals surface area contributed by atoms with Gasteiger partial charge in [0.05, 0.1) is 16.9 Å². The highest BCUT2D eigenvalue weighted by Gasteiger charge is 2.26. The van der Waals surface area contributed by atoms with E-state index < -0.39 is 0 Å². The number of nitrogens with one attached hydrogen (secondary N) is 1. The molecule has 0 spiro atoms. The molecule has 0 aliphatic rings. The van der Waals surface area contributed by atoms with Crippen LogP contribution in [0.5, 0.6) is 0 Å². The summed E-state index contributed by atoms with van der Waals surface area (Å²) in [6.07, 6.45) is 0. The van der Waals surface area contributed by atoms with Crippen LogP contribution in [0.3, 0.4) is 0 Å². The normalized spacial score (nSPS) is 11.6. The van der Waals surface area contributed by atoms with Crippen LogP contribution in [0.2, 0.25) is 0 Å². The molecule has 5 aromatic rings. The zero-order chi connectivity index (χ0) is 22.9. The highest BCUT2D eigenvalue weighted by Crippen LogP contribution is 2.45. The molecular weight excluding hydrogens is 400 g/mol. The predicted octanol–water partition coefficient (Wildman–Crippen LogP) is 8.81. The van der Waals surface area contributed by atoms with Gasteiger partial charge in [-0.05, 0) is 23.0 Å². The van der Waals surface area contributed by atoms with Crippen molar-refractivity contribution in [2.75, 3.05) is 0 Å². The van der Waals surface area contributed by atoms with Gasteiger partial charge < -0.3 is 4.98 Å². The SMILES string of the molecule is CC(C)c1[nH]c2c(-c3ccccc3)c(-c3ccccc3)nc(C(C)C)c2c1-c1ccccc1. The van der Waals surface area contributed by atoms with Gasteiger partial charge in [-0.25, -0.2) is 0 Å². The third-order valence-corrected chi connectivity index (χ3v) is 6.30. The highest BCUT2D eigenvalue weighted by molar-refractivity contribution is 6.09. The first-order valence-corrected chi connectivity index (χ1v) is 11.8. The van der Waals surface area contributed by atoms with Crippen LogP contribution in [0.1, 0.15) is 50.9 Å². The first-order valence-electron chi connectivity index (χ1n) is 11.8. The van der Waals surface area contributed by atoms with Gasteiger partial charge in [-0.15, -0.1) is 0 Å². The van der Waals surface area contributed by atoms with Gasteiger partial charge in [-0.3, -0.25) is 4.98 Å². The summed E-state index contributed by atoms with van der Waals surface area (Å²) in [7, 11) is 0. The van der Waals surface area contributed by atoms with Crippen molar-refractivity contribution < 1.29 is 0 Å². The minimum atomic E-state index is 0.290. The minimum Gasteiger partial charge on any atom is -0.357 e. The Hall–Kier alpha value is -3.65. The molecule has 0 unspecified atom stereocenters. The van der Waals surface area contributed by atoms with Gasteiger partial charge in [-0.1, -0.05) is 119 Å². The molecule has 0 bridgehead atoms. The molecule has 0 atom stereocenters. The number of hydrogen-bond acceptors (Lipinski definition) is 1. The van der Waals surface area contributed by atoms with Gasteiger partial charge in [0.2, 0.25) is 0 Å². The van der Waals surface area contributed by atoms with E-state index in [1.165, 1.54) is 38.9 Å². The van der Waals surface area contributed by atoms with Crippen LogP contribution in [-0.2, 0) is 0 Å². The lowest BCUT2D eigenvalue weighted by Crippen LogP contribution is -2.00. The zero-order valence-electron chi connectivity index (χ0n) is 19.8. The van der Waals surface area contributed by atoms with Crippen molar-refractivity contribution in [3.63, 3.8) is 0 Å². The van der Waals surface area contributed by atoms with Crippen molar-refractivity contribution in [3.8, 4) is 33.5 Å². The van der Waals surface area contributed by atoms with Crippen molar-refractivity contribution >= 4 is 10.9 Å². The minimum absolute atomic E-state index is 0.290. The Bertz CT molecular complexity index is 1380. The summed E-state index contributed by atoms with van der Waals surface area (Å²) in [6.45, 7) is 9.02. The summed E-state index contributed by atoms with van der Waals surface area (Å²) < 4.78 is 0. The Morgan fingerprint density at radius 1 is 0.576 bits per heavy atom. The van der Waals surface area contributed by atoms with E-state index in [0.717, 1.165) is 17.0 Å². The Morgan fingerprint density at radius 2 is 1.06 bits per heavy atom. The number of pyridine rings is 1. The highest BCUT2D eigenvalue weighted by atomic mass is 14.8. The summed E-state index contributed by atoms with van der Waals surface area (Å²) in [4.78, 5) is 9.28. The third-order valence-electron chi connectivity index (χ3n) is 6.30. The average Bonchev–Trinajstić information content (AvgIpc) is 3.25. The lowest BCUT2D eigenvalue weighted by Gasteiger charge is -2.17. The lowest BCUT2D eigenvalue weighted by atomic mass is 9.90. The van der Waals surface area contributed by atoms with E-state index in [-0.39, 0.29) is 5.92 Å². The smallest absolute Gasteiger partial charge is 0.0805 e. The van der Waals surface area contributed by atoms with E-state index in [2.05, 4.69) is 124 Å². The van der Waals surface area contributed by atoms with Crippen LogP contribution < -0.4 is 0 Å². The van der Waals surface area contributed by atoms with Gasteiger partial charge >= 0.3 is 0 Å². The molecule has 0 saturated carbocycles. The van der Waals surface area contributed by atoms with E-state index in [1.54, 1.807) is 0 Å². The molecule has 2 heteroatoms. The Balaban J connectivity index is 1.99. The summed E-state index contributed by atoms with van der Waals surface area (Å²) in [5, 5.41) is 1.25. The number of nitrogens with zero attached hydrogens (tertiary/aromatic N) is 1. The van der Waals surface area contributed by atoms with Crippen LogP contribution in [0.15, 0.2) is 91.0 Å². The standard InChI is InChI=1S/C31H30N2/c1-20(2)28-25(22-14-8-5-9-15-22)27-29(21(3)4)32-30(24-18-12-7-13-19-24)26(31(27)33-28)23-16-10-6-11-17-23/h5-21,33H,1-4H3. The summed E-state index contributed by atoms with van der Waals surface area (Å²) in [5.41, 5.74) is 10.6. The first-order chi connectivity index (χ1) is 16.1. The van der Waals surface area contributed by atoms with Crippen molar-refractivity contribution in [1.82, 2.24) is 9.97 Å². The Morgan fingerprint density at radius 3 is 1.55 bits per heavy atom. The number of rotatable bonds is 5. The van der Waals surface area contributed by atoms with E-state index in [4.69, 9.17) is 4.98 Å². The van der Waals surface area contributed by atoms with Crippen LogP contribution in [0.4, 0.5) is 0 Å². The van der Waals surface area contributed by atoms with Crippen LogP contribution in [-0.4, -0.2) is 9.97 Å². The number of fused-ring (bicyclic) bond motifs is 1. The molecular formula is C31H30N2. The fourth-order valence-electron chi connectivity index (χ4n) is 4.76. The molecule has 0 amide bonds. The average molecular weight is 431 g/mol. The number of hydrogen-bond donors (Lipinski definition) is 1. The van der Waals surface area contributed by atoms with Gasteiger partial charge in [0.25, 0.3) is 0 Å². The second-order valence-electron chi connectivity index (χ2n) is 9.29. The van der Waals surface area contributed by atoms with Crippen molar-refractivity contribution in [3.05, 3.63) is 102 Å². The maximum Gasteiger partial charge on any atom is 0.0805 e. The van der Waals surface area contributed by atoms with Crippen LogP contribution in [0.25, 0.3) is 44.4 Å². The van der Waals surface area contributed by atoms with Gasteiger partial charge in [-0.2, -0.15) is 0 Å². The molecule has 1 N–H and O–H groups in total. The second-order valence-corrected chi connectivity index (χ2v) is 9.29. The molecule has 0 aliphatic carbocycles. The predicted molar refractivity (Wildman–Crippen MR) is 141 cm³/mol. The van der Waals surface area contributed by atoms with E-state index in [9.17, 15) is 0 Å². The largest absolute Gasteiger partial charge is 0.357 e. The van der Waals surface area contributed by atoms with E-state index in [0.29, 0.717) is 5.92 Å². The van der Waals surface area contributed by atoms with E-state index >= 15 is 0 Å². The lowest BCUT2D eigenvalue weighted by molar-refractivity contribution is 0.835. The number of H-pyrrole nitrogens is 1. The fraction of sp³-hybridized carbons (Fsp3) is 0.194. The molecule has 2 heterocycles. The number of benzene rings is 3. The maximum atomic E-state index is 5.39. The molecule has 0 fully saturated rings. The molecule has 33 heavy (non-hydrogen) atoms. The third kappa shape index (κ3) is 3.76. The summed E-state index contributed by atoms with van der Waals surface area (Å²) in [5.74, 6) is 0.648. The molecule has 0 saturated heterocycles. The van der Waals surface area contributed by atoms with Gasteiger partial charge in [0.15, 0.2) is 0 Å². The molecule has 5 rings (SSSR count). The molecule has 0 radical (unpaired) electrons. The Kier molecular flexibility index (Phi) is 5.60. The number of aromatic nitrogens is 2. The van der Waals surface area contributed by atoms with Crippen LogP contribution >= 0.6 is 0 Å². The summed E-state index contributed by atoms with van der Waals surface area (Å²) >= 11 is 0. The molecule has 0 aliphatic heterocycles. The summed E-state index contributed by atoms with van der Waals surface area (Å²) in [6, 6.07) is 32.0. The first kappa shape index (κ1) is 21.2. The van der Waals surface area contributed by atoms with Gasteiger partial charge in [0.1, 0.15) is 0 Å². The van der Waals surface area contributed by atoms with Crippen molar-refractivity contribution in [2.45, 2.75) is 39.5 Å². The monoisotopic (exact) mass is 430 g/mol. The molecule has 2 nitrogen and oxygen atoms in total. The maximum absolute atomic E-state index is 5.39. The fourth-order valence-corrected chi connectivity index (χ4v) is 4.76. The van der Waals surface area contributed by atoms with Crippen LogP contribution in [0, 0.1) is 0 Å². The Labute approximate surface area is 196 Å². The molecule has 2 aromatic heterocycles. The molecule has 164 valence electrons. The van der Waals surface area contributed by atoms with Gasteiger partial charge in [0, 0.05) is 27.8 Å². The zero-order valence-corrected chi connectivity index (χ0v) is 19.8. The second kappa shape index (κ2) is 8.71. The molecule has 3 aromatic carbocycles. The quantitative estimate of drug-likeness (QED) is 0.296. The topological polar surface area (TPSA) is 28.7 Å². The van der Waals surface area contributed by atoms with Crippen molar-refractivity contribution in [2.24, 2.45) is 0 Å². The van der Waals surface area contributed by atoms with Crippen molar-refractivity contribution in [1.29, 1.82) is 0 Å². The number of aromatic amines is 1. The van der Waals surface area contributed by atoms with E-state index in [1.807, 2.05) is 0 Å².